The minimum absolute atomic E-state index is 0.113. The lowest BCUT2D eigenvalue weighted by Gasteiger charge is -2.11. The van der Waals surface area contributed by atoms with Crippen LogP contribution in [-0.4, -0.2) is 28.5 Å². The van der Waals surface area contributed by atoms with E-state index >= 15 is 0 Å². The number of pyridine rings is 1. The van der Waals surface area contributed by atoms with Gasteiger partial charge in [0.25, 0.3) is 5.91 Å². The van der Waals surface area contributed by atoms with E-state index in [4.69, 9.17) is 5.11 Å². The third-order valence-electron chi connectivity index (χ3n) is 3.25. The van der Waals surface area contributed by atoms with Crippen molar-refractivity contribution in [1.82, 2.24) is 10.3 Å². The van der Waals surface area contributed by atoms with E-state index < -0.39 is 5.97 Å². The zero-order valence-corrected chi connectivity index (χ0v) is 10.2. The molecule has 0 spiro atoms. The summed E-state index contributed by atoms with van der Waals surface area (Å²) in [5.41, 5.74) is 0.225. The number of hydrogen-bond acceptors (Lipinski definition) is 3. The maximum atomic E-state index is 11.8. The summed E-state index contributed by atoms with van der Waals surface area (Å²) in [7, 11) is 0. The zero-order valence-electron chi connectivity index (χ0n) is 10.2. The molecule has 1 saturated carbocycles. The molecule has 2 N–H and O–H groups in total. The summed E-state index contributed by atoms with van der Waals surface area (Å²) in [5, 5.41) is 11.6. The Hall–Kier alpha value is -1.91. The van der Waals surface area contributed by atoms with Gasteiger partial charge < -0.3 is 10.4 Å². The van der Waals surface area contributed by atoms with Gasteiger partial charge in [-0.1, -0.05) is 6.92 Å². The van der Waals surface area contributed by atoms with Gasteiger partial charge in [0.2, 0.25) is 0 Å². The van der Waals surface area contributed by atoms with E-state index in [0.717, 1.165) is 5.92 Å². The lowest BCUT2D eigenvalue weighted by atomic mass is 10.1. The second kappa shape index (κ2) is 5.16. The van der Waals surface area contributed by atoms with Crippen molar-refractivity contribution in [2.75, 3.05) is 6.54 Å². The van der Waals surface area contributed by atoms with Gasteiger partial charge in [-0.05, 0) is 36.8 Å². The summed E-state index contributed by atoms with van der Waals surface area (Å²) in [5.74, 6) is -0.157. The third kappa shape index (κ3) is 3.06. The second-order valence-electron chi connectivity index (χ2n) is 4.76. The molecule has 0 aromatic carbocycles. The number of aromatic nitrogens is 1. The maximum absolute atomic E-state index is 11.8. The highest BCUT2D eigenvalue weighted by molar-refractivity contribution is 5.96. The highest BCUT2D eigenvalue weighted by Gasteiger charge is 2.27. The van der Waals surface area contributed by atoms with Crippen molar-refractivity contribution in [3.8, 4) is 0 Å². The number of aromatic carboxylic acids is 1. The highest BCUT2D eigenvalue weighted by atomic mass is 16.4. The van der Waals surface area contributed by atoms with Crippen LogP contribution < -0.4 is 5.32 Å². The quantitative estimate of drug-likeness (QED) is 0.828. The molecule has 96 valence electrons. The first-order valence-corrected chi connectivity index (χ1v) is 6.05. The first kappa shape index (κ1) is 12.5. The average molecular weight is 248 g/mol. The molecule has 0 saturated heterocycles. The topological polar surface area (TPSA) is 79.3 Å². The Morgan fingerprint density at radius 1 is 1.56 bits per heavy atom. The molecule has 1 atom stereocenters. The summed E-state index contributed by atoms with van der Waals surface area (Å²) >= 11 is 0. The van der Waals surface area contributed by atoms with Gasteiger partial charge in [0.05, 0.1) is 0 Å². The minimum Gasteiger partial charge on any atom is -0.477 e. The first-order valence-electron chi connectivity index (χ1n) is 6.05. The number of nitrogens with zero attached hydrogens (tertiary/aromatic N) is 1. The smallest absolute Gasteiger partial charge is 0.354 e. The SMILES string of the molecule is CC(CNC(=O)c1ccnc(C(=O)O)c1)C1CC1. The Bertz CT molecular complexity index is 469. The van der Waals surface area contributed by atoms with Crippen LogP contribution in [0.1, 0.15) is 40.6 Å². The van der Waals surface area contributed by atoms with Gasteiger partial charge in [-0.3, -0.25) is 4.79 Å². The van der Waals surface area contributed by atoms with Crippen molar-refractivity contribution < 1.29 is 14.7 Å². The molecule has 18 heavy (non-hydrogen) atoms. The fraction of sp³-hybridized carbons (Fsp3) is 0.462. The number of hydrogen-bond donors (Lipinski definition) is 2. The number of amides is 1. The number of nitrogens with one attached hydrogen (secondary N) is 1. The molecular formula is C13H16N2O3. The Morgan fingerprint density at radius 3 is 2.89 bits per heavy atom. The van der Waals surface area contributed by atoms with Gasteiger partial charge in [-0.25, -0.2) is 9.78 Å². The van der Waals surface area contributed by atoms with Crippen molar-refractivity contribution in [3.63, 3.8) is 0 Å². The molecule has 1 unspecified atom stereocenters. The van der Waals surface area contributed by atoms with Gasteiger partial charge in [0, 0.05) is 18.3 Å². The summed E-state index contributed by atoms with van der Waals surface area (Å²) in [6.45, 7) is 2.75. The molecule has 0 bridgehead atoms. The molecule has 1 aromatic rings. The summed E-state index contributed by atoms with van der Waals surface area (Å²) in [6.07, 6.45) is 3.83. The molecule has 5 nitrogen and oxygen atoms in total. The van der Waals surface area contributed by atoms with Crippen molar-refractivity contribution in [2.24, 2.45) is 11.8 Å². The molecule has 5 heteroatoms. The van der Waals surface area contributed by atoms with Gasteiger partial charge in [0.15, 0.2) is 0 Å². The second-order valence-corrected chi connectivity index (χ2v) is 4.76. The lowest BCUT2D eigenvalue weighted by molar-refractivity contribution is 0.0690. The van der Waals surface area contributed by atoms with Crippen LogP contribution in [-0.2, 0) is 0 Å². The predicted octanol–water partition coefficient (Wildman–Crippen LogP) is 1.56. The molecule has 1 aromatic heterocycles. The Morgan fingerprint density at radius 2 is 2.28 bits per heavy atom. The number of rotatable bonds is 5. The molecule has 1 fully saturated rings. The van der Waals surface area contributed by atoms with Crippen molar-refractivity contribution in [2.45, 2.75) is 19.8 Å². The molecule has 2 rings (SSSR count). The molecule has 0 radical (unpaired) electrons. The van der Waals surface area contributed by atoms with Gasteiger partial charge in [-0.15, -0.1) is 0 Å². The number of carbonyl (C=O) groups excluding carboxylic acids is 1. The monoisotopic (exact) mass is 248 g/mol. The van der Waals surface area contributed by atoms with E-state index in [1.165, 1.54) is 31.2 Å². The standard InChI is InChI=1S/C13H16N2O3/c1-8(9-2-3-9)7-15-12(16)10-4-5-14-11(6-10)13(17)18/h4-6,8-9H,2-3,7H2,1H3,(H,15,16)(H,17,18). The van der Waals surface area contributed by atoms with Crippen LogP contribution in [0.3, 0.4) is 0 Å². The third-order valence-corrected chi connectivity index (χ3v) is 3.25. The van der Waals surface area contributed by atoms with Gasteiger partial charge in [-0.2, -0.15) is 0 Å². The van der Waals surface area contributed by atoms with Crippen LogP contribution in [0.4, 0.5) is 0 Å². The lowest BCUT2D eigenvalue weighted by Crippen LogP contribution is -2.29. The van der Waals surface area contributed by atoms with Gasteiger partial charge >= 0.3 is 5.97 Å². The molecule has 0 aliphatic heterocycles. The van der Waals surface area contributed by atoms with Crippen LogP contribution in [0.2, 0.25) is 0 Å². The highest BCUT2D eigenvalue weighted by Crippen LogP contribution is 2.36. The summed E-state index contributed by atoms with van der Waals surface area (Å²) in [6, 6.07) is 2.81. The minimum atomic E-state index is -1.13. The molecule has 1 amide bonds. The van der Waals surface area contributed by atoms with Crippen LogP contribution >= 0.6 is 0 Å². The van der Waals surface area contributed by atoms with E-state index in [0.29, 0.717) is 18.0 Å². The molecule has 1 aliphatic carbocycles. The fourth-order valence-electron chi connectivity index (χ4n) is 1.88. The van der Waals surface area contributed by atoms with Crippen LogP contribution in [0, 0.1) is 11.8 Å². The zero-order chi connectivity index (χ0) is 13.1. The van der Waals surface area contributed by atoms with E-state index in [1.807, 2.05) is 0 Å². The van der Waals surface area contributed by atoms with Crippen molar-refractivity contribution in [1.29, 1.82) is 0 Å². The van der Waals surface area contributed by atoms with E-state index in [1.54, 1.807) is 0 Å². The van der Waals surface area contributed by atoms with E-state index in [9.17, 15) is 9.59 Å². The van der Waals surface area contributed by atoms with Crippen LogP contribution in [0.25, 0.3) is 0 Å². The molecule has 1 heterocycles. The van der Waals surface area contributed by atoms with E-state index in [2.05, 4.69) is 17.2 Å². The fourth-order valence-corrected chi connectivity index (χ4v) is 1.88. The maximum Gasteiger partial charge on any atom is 0.354 e. The van der Waals surface area contributed by atoms with Crippen LogP contribution in [0.5, 0.6) is 0 Å². The Balaban J connectivity index is 1.95. The van der Waals surface area contributed by atoms with E-state index in [-0.39, 0.29) is 11.6 Å². The Labute approximate surface area is 105 Å². The molecular weight excluding hydrogens is 232 g/mol. The number of carboxylic acid groups (broad SMARTS) is 1. The van der Waals surface area contributed by atoms with Crippen molar-refractivity contribution >= 4 is 11.9 Å². The summed E-state index contributed by atoms with van der Waals surface area (Å²) in [4.78, 5) is 26.3. The number of carbonyl (C=O) groups is 2. The molecule has 1 aliphatic rings. The number of carboxylic acids is 1. The van der Waals surface area contributed by atoms with Crippen molar-refractivity contribution in [3.05, 3.63) is 29.6 Å². The Kier molecular flexibility index (Phi) is 3.60. The largest absolute Gasteiger partial charge is 0.477 e. The average Bonchev–Trinajstić information content (AvgIpc) is 3.20. The van der Waals surface area contributed by atoms with Crippen LogP contribution in [0.15, 0.2) is 18.3 Å². The predicted molar refractivity (Wildman–Crippen MR) is 65.4 cm³/mol. The van der Waals surface area contributed by atoms with Gasteiger partial charge in [0.1, 0.15) is 5.69 Å². The normalized spacial score (nSPS) is 16.1. The summed E-state index contributed by atoms with van der Waals surface area (Å²) < 4.78 is 0. The first-order chi connectivity index (χ1) is 8.58.